The van der Waals surface area contributed by atoms with Crippen LogP contribution in [0.25, 0.3) is 0 Å². The van der Waals surface area contributed by atoms with Gasteiger partial charge in [0.15, 0.2) is 17.4 Å². The smallest absolute Gasteiger partial charge is 0.344 e. The van der Waals surface area contributed by atoms with E-state index in [2.05, 4.69) is 4.84 Å². The zero-order valence-corrected chi connectivity index (χ0v) is 23.7. The average molecular weight is 638 g/mol. The molecule has 13 nitrogen and oxygen atoms in total. The van der Waals surface area contributed by atoms with E-state index in [1.54, 1.807) is 0 Å². The van der Waals surface area contributed by atoms with E-state index < -0.39 is 80.2 Å². The minimum absolute atomic E-state index is 0.0262. The van der Waals surface area contributed by atoms with Crippen LogP contribution in [0.4, 0.5) is 13.6 Å². The summed E-state index contributed by atoms with van der Waals surface area (Å²) >= 11 is 5.78. The summed E-state index contributed by atoms with van der Waals surface area (Å²) in [6, 6.07) is 3.82. The van der Waals surface area contributed by atoms with Gasteiger partial charge >= 0.3 is 22.2 Å². The van der Waals surface area contributed by atoms with Gasteiger partial charge in [-0.3, -0.25) is 0 Å². The van der Waals surface area contributed by atoms with E-state index in [9.17, 15) is 35.2 Å². The van der Waals surface area contributed by atoms with Gasteiger partial charge in [-0.25, -0.2) is 31.5 Å². The maximum Gasteiger partial charge on any atom is 0.344 e. The summed E-state index contributed by atoms with van der Waals surface area (Å²) in [6.45, 7) is -1.19. The number of nitrogens with one attached hydrogen (secondary N) is 1. The number of halogens is 3. The third-order valence-electron chi connectivity index (χ3n) is 6.49. The van der Waals surface area contributed by atoms with Crippen LogP contribution in [0.15, 0.2) is 41.3 Å². The quantitative estimate of drug-likeness (QED) is 0.431. The van der Waals surface area contributed by atoms with E-state index in [4.69, 9.17) is 22.2 Å². The fourth-order valence-electron chi connectivity index (χ4n) is 4.39. The first-order chi connectivity index (χ1) is 19.3. The molecule has 18 heteroatoms. The van der Waals surface area contributed by atoms with Crippen molar-refractivity contribution in [2.45, 2.75) is 30.2 Å². The molecule has 1 atom stereocenters. The summed E-state index contributed by atoms with van der Waals surface area (Å²) in [5.74, 6) is 0.0523. The number of benzene rings is 2. The first kappa shape index (κ1) is 30.9. The molecule has 2 aliphatic heterocycles. The third kappa shape index (κ3) is 6.87. The molecule has 2 amide bonds. The zero-order valence-electron chi connectivity index (χ0n) is 21.3. The van der Waals surface area contributed by atoms with Gasteiger partial charge in [0.25, 0.3) is 0 Å². The number of piperidine rings is 1. The molecule has 41 heavy (non-hydrogen) atoms. The first-order valence-corrected chi connectivity index (χ1v) is 15.5. The molecular formula is C23H26ClF2N5O8S2. The molecule has 0 spiro atoms. The van der Waals surface area contributed by atoms with Gasteiger partial charge in [-0.15, -0.1) is 0 Å². The molecule has 0 unspecified atom stereocenters. The monoisotopic (exact) mass is 637 g/mol. The van der Waals surface area contributed by atoms with Gasteiger partial charge in [0, 0.05) is 37.7 Å². The van der Waals surface area contributed by atoms with E-state index in [0.717, 1.165) is 6.42 Å². The predicted molar refractivity (Wildman–Crippen MR) is 140 cm³/mol. The number of ether oxygens (including phenoxy) is 1. The van der Waals surface area contributed by atoms with Gasteiger partial charge in [0.05, 0.1) is 4.90 Å². The van der Waals surface area contributed by atoms with Crippen molar-refractivity contribution >= 4 is 43.8 Å². The molecule has 0 saturated carbocycles. The Hall–Kier alpha value is -3.09. The number of hydrogen-bond acceptors (Lipinski definition) is 9. The van der Waals surface area contributed by atoms with Crippen molar-refractivity contribution in [3.05, 3.63) is 53.1 Å². The molecule has 2 fully saturated rings. The topological polar surface area (TPSA) is 169 Å². The molecular weight excluding hydrogens is 612 g/mol. The molecule has 0 bridgehead atoms. The van der Waals surface area contributed by atoms with Crippen LogP contribution in [0.2, 0.25) is 5.02 Å². The van der Waals surface area contributed by atoms with Gasteiger partial charge in [-0.05, 0) is 55.7 Å². The third-order valence-corrected chi connectivity index (χ3v) is 10.1. The maximum atomic E-state index is 14.9. The van der Waals surface area contributed by atoms with Crippen LogP contribution in [0.1, 0.15) is 19.3 Å². The lowest BCUT2D eigenvalue weighted by Gasteiger charge is -2.38. The molecule has 2 saturated heterocycles. The maximum absolute atomic E-state index is 14.9. The highest BCUT2D eigenvalue weighted by Gasteiger charge is 2.45. The van der Waals surface area contributed by atoms with Crippen molar-refractivity contribution in [3.63, 3.8) is 0 Å². The molecule has 224 valence electrons. The van der Waals surface area contributed by atoms with E-state index in [1.165, 1.54) is 29.2 Å². The number of nitrogens with zero attached hydrogens (tertiary/aromatic N) is 3. The summed E-state index contributed by atoms with van der Waals surface area (Å²) in [4.78, 5) is 29.6. The average Bonchev–Trinajstić information content (AvgIpc) is 2.95. The first-order valence-electron chi connectivity index (χ1n) is 12.2. The Balaban J connectivity index is 1.56. The Morgan fingerprint density at radius 2 is 1.56 bits per heavy atom. The van der Waals surface area contributed by atoms with Crippen LogP contribution in [-0.4, -0.2) is 81.1 Å². The van der Waals surface area contributed by atoms with Crippen molar-refractivity contribution in [2.24, 2.45) is 5.90 Å². The number of carbonyl (C=O) groups excluding carboxylic acids is 2. The summed E-state index contributed by atoms with van der Waals surface area (Å²) in [5.41, 5.74) is 0. The second kappa shape index (κ2) is 12.4. The standard InChI is InChI=1S/C23H26ClF2N5O8S2/c24-15-4-6-16(7-5-15)38-21-18(25)12-17(13-19(21)26)40(34,35)31-11-10-30(14-20(31)22(32)39-27)41(36,37)28-23(33)29-8-2-1-3-9-29/h4-7,12-13,20H,1-3,8-11,14,27H2,(H,28,33)/t20-/m1/s1. The number of sulfonamides is 1. The van der Waals surface area contributed by atoms with Gasteiger partial charge in [0.1, 0.15) is 11.8 Å². The lowest BCUT2D eigenvalue weighted by molar-refractivity contribution is -0.150. The number of likely N-dealkylation sites (tertiary alicyclic amines) is 1. The number of piperazine rings is 1. The highest BCUT2D eigenvalue weighted by molar-refractivity contribution is 7.89. The minimum Gasteiger partial charge on any atom is -0.451 e. The van der Waals surface area contributed by atoms with Crippen LogP contribution in [0.3, 0.4) is 0 Å². The minimum atomic E-state index is -4.81. The van der Waals surface area contributed by atoms with Crippen LogP contribution in [0, 0.1) is 11.6 Å². The highest BCUT2D eigenvalue weighted by atomic mass is 35.5. The number of nitrogens with two attached hydrogens (primary N) is 1. The number of amides is 2. The van der Waals surface area contributed by atoms with Crippen LogP contribution < -0.4 is 15.4 Å². The van der Waals surface area contributed by atoms with E-state index in [0.29, 0.717) is 51.7 Å². The molecule has 2 aromatic rings. The second-order valence-electron chi connectivity index (χ2n) is 9.16. The Kier molecular flexibility index (Phi) is 9.35. The summed E-state index contributed by atoms with van der Waals surface area (Å²) < 4.78 is 90.7. The van der Waals surface area contributed by atoms with Crippen molar-refractivity contribution < 1.29 is 44.8 Å². The summed E-state index contributed by atoms with van der Waals surface area (Å²) in [5, 5.41) is 0.350. The Morgan fingerprint density at radius 1 is 0.951 bits per heavy atom. The lowest BCUT2D eigenvalue weighted by Crippen LogP contribution is -2.62. The Bertz CT molecular complexity index is 1500. The largest absolute Gasteiger partial charge is 0.451 e. The van der Waals surface area contributed by atoms with Crippen molar-refractivity contribution in [1.29, 1.82) is 0 Å². The summed E-state index contributed by atoms with van der Waals surface area (Å²) in [7, 11) is -9.32. The fraction of sp³-hybridized carbons (Fsp3) is 0.391. The van der Waals surface area contributed by atoms with Crippen LogP contribution in [-0.2, 0) is 29.9 Å². The van der Waals surface area contributed by atoms with Gasteiger partial charge < -0.3 is 14.5 Å². The number of rotatable bonds is 7. The molecule has 3 N–H and O–H groups in total. The van der Waals surface area contributed by atoms with Crippen molar-refractivity contribution in [3.8, 4) is 11.5 Å². The Labute approximate surface area is 239 Å². The predicted octanol–water partition coefficient (Wildman–Crippen LogP) is 1.94. The summed E-state index contributed by atoms with van der Waals surface area (Å²) in [6.07, 6.45) is 2.33. The van der Waals surface area contributed by atoms with Gasteiger partial charge in [-0.2, -0.15) is 22.9 Å². The van der Waals surface area contributed by atoms with E-state index in [-0.39, 0.29) is 5.75 Å². The lowest BCUT2D eigenvalue weighted by atomic mass is 10.1. The Morgan fingerprint density at radius 3 is 2.15 bits per heavy atom. The molecule has 4 rings (SSSR count). The normalized spacial score (nSPS) is 19.0. The molecule has 0 aliphatic carbocycles. The van der Waals surface area contributed by atoms with Crippen molar-refractivity contribution in [1.82, 2.24) is 18.2 Å². The van der Waals surface area contributed by atoms with Crippen LogP contribution in [0.5, 0.6) is 11.5 Å². The number of urea groups is 1. The van der Waals surface area contributed by atoms with E-state index in [1.807, 2.05) is 4.72 Å². The fourth-order valence-corrected chi connectivity index (χ4v) is 7.24. The molecule has 0 aromatic heterocycles. The number of hydrogen-bond donors (Lipinski definition) is 2. The molecule has 2 aliphatic rings. The van der Waals surface area contributed by atoms with Crippen LogP contribution >= 0.6 is 11.6 Å². The highest BCUT2D eigenvalue weighted by Crippen LogP contribution is 2.32. The van der Waals surface area contributed by atoms with Gasteiger partial charge in [-0.1, -0.05) is 11.6 Å². The molecule has 2 heterocycles. The SMILES string of the molecule is NOC(=O)[C@H]1CN(S(=O)(=O)NC(=O)N2CCCCC2)CCN1S(=O)(=O)c1cc(F)c(Oc2ccc(Cl)cc2)c(F)c1. The molecule has 2 aromatic carbocycles. The van der Waals surface area contributed by atoms with Gasteiger partial charge in [0.2, 0.25) is 10.0 Å². The second-order valence-corrected chi connectivity index (χ2v) is 13.2. The number of carbonyl (C=O) groups is 2. The van der Waals surface area contributed by atoms with Crippen molar-refractivity contribution in [2.75, 3.05) is 32.7 Å². The zero-order chi connectivity index (χ0) is 29.9. The van der Waals surface area contributed by atoms with E-state index >= 15 is 0 Å². The molecule has 0 radical (unpaired) electrons.